The average Bonchev–Trinajstić information content (AvgIpc) is 2.40. The minimum absolute atomic E-state index is 0.00591. The highest BCUT2D eigenvalue weighted by Crippen LogP contribution is 2.26. The fraction of sp³-hybridized carbons (Fsp3) is 0.538. The zero-order valence-electron chi connectivity index (χ0n) is 11.0. The Balaban J connectivity index is 2.13. The van der Waals surface area contributed by atoms with Crippen LogP contribution >= 0.6 is 11.6 Å². The molecular formula is C13H18ClFN2O2S. The van der Waals surface area contributed by atoms with Crippen molar-refractivity contribution in [3.8, 4) is 0 Å². The van der Waals surface area contributed by atoms with Crippen LogP contribution in [-0.4, -0.2) is 20.5 Å². The molecule has 4 nitrogen and oxygen atoms in total. The Morgan fingerprint density at radius 3 is 2.60 bits per heavy atom. The number of sulfonamides is 1. The quantitative estimate of drug-likeness (QED) is 0.895. The summed E-state index contributed by atoms with van der Waals surface area (Å²) < 4.78 is 40.0. The Labute approximate surface area is 123 Å². The maximum absolute atomic E-state index is 13.2. The van der Waals surface area contributed by atoms with Crippen molar-refractivity contribution < 1.29 is 12.8 Å². The van der Waals surface area contributed by atoms with Crippen LogP contribution in [0.2, 0.25) is 5.02 Å². The van der Waals surface area contributed by atoms with Crippen LogP contribution in [0.25, 0.3) is 0 Å². The monoisotopic (exact) mass is 320 g/mol. The van der Waals surface area contributed by atoms with Crippen LogP contribution in [0.15, 0.2) is 23.1 Å². The van der Waals surface area contributed by atoms with Gasteiger partial charge in [0.25, 0.3) is 0 Å². The van der Waals surface area contributed by atoms with E-state index in [2.05, 4.69) is 4.72 Å². The molecule has 0 unspecified atom stereocenters. The normalized spacial score (nSPS) is 18.9. The summed E-state index contributed by atoms with van der Waals surface area (Å²) in [6, 6.07) is 3.26. The van der Waals surface area contributed by atoms with Crippen LogP contribution in [-0.2, 0) is 10.0 Å². The summed E-state index contributed by atoms with van der Waals surface area (Å²) in [6.07, 6.45) is 4.69. The molecule has 0 saturated heterocycles. The Bertz CT molecular complexity index is 586. The molecule has 0 aliphatic heterocycles. The van der Waals surface area contributed by atoms with Gasteiger partial charge in [-0.25, -0.2) is 17.5 Å². The van der Waals surface area contributed by atoms with Crippen molar-refractivity contribution in [3.63, 3.8) is 0 Å². The van der Waals surface area contributed by atoms with Crippen molar-refractivity contribution in [1.29, 1.82) is 0 Å². The molecule has 0 radical (unpaired) electrons. The Kier molecular flexibility index (Phi) is 4.69. The van der Waals surface area contributed by atoms with Gasteiger partial charge in [0, 0.05) is 12.1 Å². The Morgan fingerprint density at radius 1 is 1.30 bits per heavy atom. The van der Waals surface area contributed by atoms with E-state index in [0.29, 0.717) is 0 Å². The first kappa shape index (κ1) is 15.7. The Hall–Kier alpha value is -0.690. The molecule has 1 saturated carbocycles. The summed E-state index contributed by atoms with van der Waals surface area (Å²) in [4.78, 5) is -0.251. The summed E-state index contributed by atoms with van der Waals surface area (Å²) in [7, 11) is -3.85. The van der Waals surface area contributed by atoms with Gasteiger partial charge in [-0.1, -0.05) is 30.9 Å². The summed E-state index contributed by atoms with van der Waals surface area (Å²) in [5.41, 5.74) is 5.66. The van der Waals surface area contributed by atoms with Crippen molar-refractivity contribution in [1.82, 2.24) is 4.72 Å². The van der Waals surface area contributed by atoms with E-state index in [0.717, 1.165) is 44.2 Å². The highest BCUT2D eigenvalue weighted by atomic mass is 35.5. The van der Waals surface area contributed by atoms with Crippen LogP contribution in [0, 0.1) is 5.82 Å². The number of hydrogen-bond acceptors (Lipinski definition) is 3. The van der Waals surface area contributed by atoms with Crippen LogP contribution in [0.3, 0.4) is 0 Å². The zero-order valence-corrected chi connectivity index (χ0v) is 12.6. The van der Waals surface area contributed by atoms with E-state index < -0.39 is 21.4 Å². The molecule has 0 heterocycles. The third-order valence-corrected chi connectivity index (χ3v) is 5.53. The second kappa shape index (κ2) is 5.97. The van der Waals surface area contributed by atoms with Crippen molar-refractivity contribution in [3.05, 3.63) is 29.0 Å². The molecule has 20 heavy (non-hydrogen) atoms. The van der Waals surface area contributed by atoms with Gasteiger partial charge in [0.15, 0.2) is 0 Å². The molecule has 0 bridgehead atoms. The van der Waals surface area contributed by atoms with Gasteiger partial charge in [0.1, 0.15) is 10.7 Å². The number of nitrogens with one attached hydrogen (secondary N) is 1. The van der Waals surface area contributed by atoms with E-state index in [1.54, 1.807) is 0 Å². The van der Waals surface area contributed by atoms with E-state index in [-0.39, 0.29) is 16.5 Å². The van der Waals surface area contributed by atoms with Gasteiger partial charge in [-0.3, -0.25) is 0 Å². The standard InChI is InChI=1S/C13H18ClFN2O2S/c14-11-5-4-10(15)8-12(11)20(18,19)17-9-13(16)6-2-1-3-7-13/h4-5,8,17H,1-3,6-7,9,16H2. The maximum Gasteiger partial charge on any atom is 0.242 e. The number of hydrogen-bond donors (Lipinski definition) is 2. The molecule has 1 aromatic carbocycles. The van der Waals surface area contributed by atoms with Gasteiger partial charge in [-0.15, -0.1) is 0 Å². The van der Waals surface area contributed by atoms with Gasteiger partial charge in [0.05, 0.1) is 5.02 Å². The summed E-state index contributed by atoms with van der Waals surface area (Å²) in [5.74, 6) is -0.644. The molecule has 0 spiro atoms. The lowest BCUT2D eigenvalue weighted by molar-refractivity contribution is 0.296. The van der Waals surface area contributed by atoms with Gasteiger partial charge in [-0.2, -0.15) is 0 Å². The van der Waals surface area contributed by atoms with Crippen molar-refractivity contribution in [2.24, 2.45) is 5.73 Å². The molecule has 0 aromatic heterocycles. The minimum Gasteiger partial charge on any atom is -0.324 e. The van der Waals surface area contributed by atoms with E-state index in [1.165, 1.54) is 6.07 Å². The minimum atomic E-state index is -3.85. The fourth-order valence-electron chi connectivity index (χ4n) is 2.43. The first-order valence-electron chi connectivity index (χ1n) is 6.56. The molecule has 1 aliphatic rings. The van der Waals surface area contributed by atoms with Crippen molar-refractivity contribution in [2.45, 2.75) is 42.5 Å². The number of rotatable bonds is 4. The summed E-state index contributed by atoms with van der Waals surface area (Å²) in [5, 5.41) is -0.00591. The number of benzene rings is 1. The molecule has 1 fully saturated rings. The topological polar surface area (TPSA) is 72.2 Å². The highest BCUT2D eigenvalue weighted by Gasteiger charge is 2.30. The molecule has 112 valence electrons. The fourth-order valence-corrected chi connectivity index (χ4v) is 4.08. The lowest BCUT2D eigenvalue weighted by Crippen LogP contribution is -2.51. The summed E-state index contributed by atoms with van der Waals surface area (Å²) in [6.45, 7) is 0.141. The highest BCUT2D eigenvalue weighted by molar-refractivity contribution is 7.89. The predicted molar refractivity (Wildman–Crippen MR) is 76.6 cm³/mol. The van der Waals surface area contributed by atoms with Crippen LogP contribution < -0.4 is 10.5 Å². The van der Waals surface area contributed by atoms with E-state index in [9.17, 15) is 12.8 Å². The maximum atomic E-state index is 13.2. The largest absolute Gasteiger partial charge is 0.324 e. The second-order valence-corrected chi connectivity index (χ2v) is 7.46. The number of halogens is 2. The molecule has 3 N–H and O–H groups in total. The lowest BCUT2D eigenvalue weighted by atomic mass is 9.83. The average molecular weight is 321 g/mol. The molecule has 0 atom stereocenters. The van der Waals surface area contributed by atoms with Gasteiger partial charge < -0.3 is 5.73 Å². The number of nitrogens with two attached hydrogens (primary N) is 1. The summed E-state index contributed by atoms with van der Waals surface area (Å²) >= 11 is 5.82. The molecule has 1 aliphatic carbocycles. The van der Waals surface area contributed by atoms with Crippen LogP contribution in [0.1, 0.15) is 32.1 Å². The smallest absolute Gasteiger partial charge is 0.242 e. The predicted octanol–water partition coefficient (Wildman–Crippen LogP) is 2.42. The van der Waals surface area contributed by atoms with Gasteiger partial charge in [-0.05, 0) is 31.0 Å². The third-order valence-electron chi connectivity index (χ3n) is 3.65. The SMILES string of the molecule is NC1(CNS(=O)(=O)c2cc(F)ccc2Cl)CCCCC1. The zero-order chi connectivity index (χ0) is 14.8. The van der Waals surface area contributed by atoms with Gasteiger partial charge >= 0.3 is 0 Å². The van der Waals surface area contributed by atoms with E-state index in [4.69, 9.17) is 17.3 Å². The van der Waals surface area contributed by atoms with Crippen molar-refractivity contribution in [2.75, 3.05) is 6.54 Å². The lowest BCUT2D eigenvalue weighted by Gasteiger charge is -2.33. The van der Waals surface area contributed by atoms with Crippen LogP contribution in [0.4, 0.5) is 4.39 Å². The van der Waals surface area contributed by atoms with E-state index in [1.807, 2.05) is 0 Å². The third kappa shape index (κ3) is 3.69. The molecular weight excluding hydrogens is 303 g/mol. The second-order valence-electron chi connectivity index (χ2n) is 5.32. The first-order valence-corrected chi connectivity index (χ1v) is 8.42. The Morgan fingerprint density at radius 2 is 1.95 bits per heavy atom. The van der Waals surface area contributed by atoms with E-state index >= 15 is 0 Å². The molecule has 7 heteroatoms. The van der Waals surface area contributed by atoms with Crippen molar-refractivity contribution >= 4 is 21.6 Å². The van der Waals surface area contributed by atoms with Crippen LogP contribution in [0.5, 0.6) is 0 Å². The molecule has 0 amide bonds. The molecule has 1 aromatic rings. The first-order chi connectivity index (χ1) is 9.32. The van der Waals surface area contributed by atoms with Gasteiger partial charge in [0.2, 0.25) is 10.0 Å². The molecule has 2 rings (SSSR count).